The van der Waals surface area contributed by atoms with Crippen LogP contribution in [0.1, 0.15) is 11.1 Å². The molecule has 2 aromatic rings. The minimum absolute atomic E-state index is 0.206. The Hall–Kier alpha value is -3.09. The Morgan fingerprint density at radius 1 is 1.22 bits per heavy atom. The van der Waals surface area contributed by atoms with E-state index in [1.807, 2.05) is 6.07 Å². The van der Waals surface area contributed by atoms with Crippen molar-refractivity contribution >= 4 is 17.8 Å². The highest BCUT2D eigenvalue weighted by Gasteiger charge is 2.05. The summed E-state index contributed by atoms with van der Waals surface area (Å²) in [6, 6.07) is 10.3. The summed E-state index contributed by atoms with van der Waals surface area (Å²) in [5, 5.41) is 2.75. The molecule has 0 bridgehead atoms. The molecule has 0 spiro atoms. The lowest BCUT2D eigenvalue weighted by molar-refractivity contribution is -0.118. The summed E-state index contributed by atoms with van der Waals surface area (Å²) >= 11 is 0. The summed E-state index contributed by atoms with van der Waals surface area (Å²) in [6.45, 7) is 0.368. The number of ether oxygens (including phenoxy) is 1. The van der Waals surface area contributed by atoms with Gasteiger partial charge in [0.2, 0.25) is 5.91 Å². The van der Waals surface area contributed by atoms with Crippen LogP contribution in [-0.2, 0) is 17.8 Å². The zero-order valence-corrected chi connectivity index (χ0v) is 12.4. The van der Waals surface area contributed by atoms with Crippen molar-refractivity contribution in [3.8, 4) is 5.75 Å². The number of amides is 2. The van der Waals surface area contributed by atoms with Crippen molar-refractivity contribution in [1.82, 2.24) is 10.3 Å². The number of nitrogens with two attached hydrogens (primary N) is 2. The van der Waals surface area contributed by atoms with Gasteiger partial charge in [-0.2, -0.15) is 0 Å². The zero-order valence-electron chi connectivity index (χ0n) is 12.4. The molecule has 7 heteroatoms. The van der Waals surface area contributed by atoms with Gasteiger partial charge in [-0.05, 0) is 35.7 Å². The number of benzene rings is 1. The van der Waals surface area contributed by atoms with E-state index < -0.39 is 6.09 Å². The second-order valence-electron chi connectivity index (χ2n) is 4.79. The number of nitrogens with one attached hydrogen (secondary N) is 1. The average Bonchev–Trinajstić information content (AvgIpc) is 2.52. The van der Waals surface area contributed by atoms with E-state index in [-0.39, 0.29) is 5.91 Å². The van der Waals surface area contributed by atoms with Crippen molar-refractivity contribution in [2.24, 2.45) is 5.73 Å². The predicted octanol–water partition coefficient (Wildman–Crippen LogP) is 1.18. The van der Waals surface area contributed by atoms with Gasteiger partial charge >= 0.3 is 6.09 Å². The van der Waals surface area contributed by atoms with Gasteiger partial charge in [-0.1, -0.05) is 18.2 Å². The standard InChI is InChI=1S/C16H17N4O3/c17-14-6-4-12(9-19-14)10-20-15(21)7-5-11-2-1-3-13(8-11)23-16(18)22/h1-4,6-9H,5,10H2,(H2,17,19)(H2,18,22)(H,20,21). The molecular formula is C16H17N4O3. The molecule has 1 radical (unpaired) electrons. The normalized spacial score (nSPS) is 10.1. The van der Waals surface area contributed by atoms with Crippen LogP contribution in [0.2, 0.25) is 0 Å². The number of primary amides is 1. The molecule has 1 aromatic carbocycles. The molecule has 1 aromatic heterocycles. The average molecular weight is 313 g/mol. The van der Waals surface area contributed by atoms with Gasteiger partial charge in [-0.3, -0.25) is 4.79 Å². The van der Waals surface area contributed by atoms with Crippen molar-refractivity contribution in [2.45, 2.75) is 13.0 Å². The van der Waals surface area contributed by atoms with Gasteiger partial charge in [0.25, 0.3) is 0 Å². The molecule has 1 heterocycles. The topological polar surface area (TPSA) is 120 Å². The summed E-state index contributed by atoms with van der Waals surface area (Å²) in [6.07, 6.45) is 2.65. The third-order valence-electron chi connectivity index (χ3n) is 2.95. The highest BCUT2D eigenvalue weighted by molar-refractivity contribution is 5.84. The van der Waals surface area contributed by atoms with Gasteiger partial charge in [0, 0.05) is 12.7 Å². The summed E-state index contributed by atoms with van der Waals surface area (Å²) < 4.78 is 4.78. The quantitative estimate of drug-likeness (QED) is 0.739. The van der Waals surface area contributed by atoms with E-state index in [1.54, 1.807) is 36.5 Å². The Morgan fingerprint density at radius 2 is 2.04 bits per heavy atom. The molecule has 0 aliphatic rings. The minimum Gasteiger partial charge on any atom is -0.410 e. The highest BCUT2D eigenvalue weighted by Crippen LogP contribution is 2.14. The van der Waals surface area contributed by atoms with Crippen LogP contribution in [0.25, 0.3) is 0 Å². The molecular weight excluding hydrogens is 296 g/mol. The fourth-order valence-corrected chi connectivity index (χ4v) is 1.86. The maximum Gasteiger partial charge on any atom is 0.409 e. The lowest BCUT2D eigenvalue weighted by Crippen LogP contribution is -2.23. The number of nitrogens with zero attached hydrogens (tertiary/aromatic N) is 1. The van der Waals surface area contributed by atoms with E-state index in [4.69, 9.17) is 16.2 Å². The van der Waals surface area contributed by atoms with Crippen LogP contribution >= 0.6 is 0 Å². The second kappa shape index (κ2) is 7.79. The monoisotopic (exact) mass is 313 g/mol. The molecule has 0 saturated heterocycles. The Balaban J connectivity index is 1.80. The second-order valence-corrected chi connectivity index (χ2v) is 4.79. The first-order valence-corrected chi connectivity index (χ1v) is 6.90. The van der Waals surface area contributed by atoms with Crippen molar-refractivity contribution in [3.05, 3.63) is 60.1 Å². The van der Waals surface area contributed by atoms with Crippen molar-refractivity contribution in [2.75, 3.05) is 5.73 Å². The van der Waals surface area contributed by atoms with Crippen LogP contribution in [0.5, 0.6) is 5.75 Å². The number of anilines is 1. The number of carbonyl (C=O) groups is 2. The van der Waals surface area contributed by atoms with Gasteiger partial charge < -0.3 is 21.5 Å². The molecule has 0 atom stereocenters. The number of rotatable bonds is 6. The molecule has 0 unspecified atom stereocenters. The number of hydrogen-bond acceptors (Lipinski definition) is 5. The molecule has 0 saturated carbocycles. The first kappa shape index (κ1) is 16.3. The molecule has 7 nitrogen and oxygen atoms in total. The number of aromatic nitrogens is 1. The highest BCUT2D eigenvalue weighted by atomic mass is 16.5. The van der Waals surface area contributed by atoms with Gasteiger partial charge in [-0.15, -0.1) is 0 Å². The first-order valence-electron chi connectivity index (χ1n) is 6.90. The van der Waals surface area contributed by atoms with Crippen LogP contribution in [0, 0.1) is 6.42 Å². The van der Waals surface area contributed by atoms with E-state index in [2.05, 4.69) is 10.3 Å². The molecule has 2 amide bonds. The van der Waals surface area contributed by atoms with Gasteiger partial charge in [0.1, 0.15) is 11.6 Å². The van der Waals surface area contributed by atoms with Crippen LogP contribution in [0.4, 0.5) is 10.6 Å². The third-order valence-corrected chi connectivity index (χ3v) is 2.95. The van der Waals surface area contributed by atoms with E-state index in [1.165, 1.54) is 6.42 Å². The first-order chi connectivity index (χ1) is 11.0. The number of hydrogen-bond donors (Lipinski definition) is 3. The minimum atomic E-state index is -0.874. The molecule has 2 rings (SSSR count). The maximum atomic E-state index is 11.8. The summed E-state index contributed by atoms with van der Waals surface area (Å²) in [4.78, 5) is 26.5. The lowest BCUT2D eigenvalue weighted by Gasteiger charge is -2.06. The van der Waals surface area contributed by atoms with Crippen molar-refractivity contribution in [1.29, 1.82) is 0 Å². The molecule has 5 N–H and O–H groups in total. The fraction of sp³-hybridized carbons (Fsp3) is 0.125. The summed E-state index contributed by atoms with van der Waals surface area (Å²) in [7, 11) is 0. The van der Waals surface area contributed by atoms with Crippen LogP contribution in [0.3, 0.4) is 0 Å². The predicted molar refractivity (Wildman–Crippen MR) is 85.2 cm³/mol. The van der Waals surface area contributed by atoms with Crippen LogP contribution in [0.15, 0.2) is 42.6 Å². The zero-order chi connectivity index (χ0) is 16.7. The third kappa shape index (κ3) is 5.66. The fourth-order valence-electron chi connectivity index (χ4n) is 1.86. The molecule has 0 fully saturated rings. The Morgan fingerprint density at radius 3 is 2.74 bits per heavy atom. The summed E-state index contributed by atoms with van der Waals surface area (Å²) in [5.74, 6) is 0.574. The molecule has 0 aliphatic carbocycles. The maximum absolute atomic E-state index is 11.8. The SMILES string of the molecule is NC(=O)Oc1cccc(C[CH]C(=O)NCc2ccc(N)nc2)c1. The number of nitrogen functional groups attached to an aromatic ring is 1. The van der Waals surface area contributed by atoms with E-state index in [0.29, 0.717) is 24.5 Å². The number of pyridine rings is 1. The van der Waals surface area contributed by atoms with Crippen molar-refractivity contribution < 1.29 is 14.3 Å². The van der Waals surface area contributed by atoms with E-state index in [0.717, 1.165) is 11.1 Å². The van der Waals surface area contributed by atoms with E-state index in [9.17, 15) is 9.59 Å². The van der Waals surface area contributed by atoms with Crippen LogP contribution in [-0.4, -0.2) is 17.0 Å². The van der Waals surface area contributed by atoms with Crippen molar-refractivity contribution in [3.63, 3.8) is 0 Å². The number of carbonyl (C=O) groups excluding carboxylic acids is 2. The summed E-state index contributed by atoms with van der Waals surface area (Å²) in [5.41, 5.74) is 12.1. The van der Waals surface area contributed by atoms with Crippen LogP contribution < -0.4 is 21.5 Å². The Labute approximate surface area is 133 Å². The Bertz CT molecular complexity index is 686. The largest absolute Gasteiger partial charge is 0.410 e. The Kier molecular flexibility index (Phi) is 5.51. The van der Waals surface area contributed by atoms with Gasteiger partial charge in [0.15, 0.2) is 0 Å². The van der Waals surface area contributed by atoms with E-state index >= 15 is 0 Å². The molecule has 119 valence electrons. The lowest BCUT2D eigenvalue weighted by atomic mass is 10.1. The smallest absolute Gasteiger partial charge is 0.409 e. The van der Waals surface area contributed by atoms with Gasteiger partial charge in [-0.25, -0.2) is 9.78 Å². The molecule has 23 heavy (non-hydrogen) atoms. The van der Waals surface area contributed by atoms with Gasteiger partial charge in [0.05, 0.1) is 6.42 Å². The molecule has 0 aliphatic heterocycles.